The average molecular weight is 312 g/mol. The molecule has 0 radical (unpaired) electrons. The SMILES string of the molecule is C=CCN1C=C(Cl)C(OCc2ccc(F)cc2F)=CC1C. The van der Waals surface area contributed by atoms with Crippen LogP contribution in [0.3, 0.4) is 0 Å². The molecule has 1 unspecified atom stereocenters. The maximum absolute atomic E-state index is 13.5. The molecule has 0 saturated carbocycles. The first-order valence-electron chi connectivity index (χ1n) is 6.54. The summed E-state index contributed by atoms with van der Waals surface area (Å²) in [5.74, 6) is -0.749. The molecule has 1 atom stereocenters. The van der Waals surface area contributed by atoms with Crippen molar-refractivity contribution in [1.82, 2.24) is 4.90 Å². The molecule has 0 aromatic heterocycles. The van der Waals surface area contributed by atoms with Gasteiger partial charge in [-0.15, -0.1) is 6.58 Å². The largest absolute Gasteiger partial charge is 0.487 e. The van der Waals surface area contributed by atoms with E-state index in [1.807, 2.05) is 17.9 Å². The Morgan fingerprint density at radius 1 is 1.43 bits per heavy atom. The molecule has 21 heavy (non-hydrogen) atoms. The van der Waals surface area contributed by atoms with E-state index >= 15 is 0 Å². The van der Waals surface area contributed by atoms with Crippen molar-refractivity contribution in [3.8, 4) is 0 Å². The standard InChI is InChI=1S/C16H16ClF2NO/c1-3-6-20-9-14(17)16(7-11(20)2)21-10-12-4-5-13(18)8-15(12)19/h3-5,7-9,11H,1,6,10H2,2H3. The molecule has 0 spiro atoms. The highest BCUT2D eigenvalue weighted by Crippen LogP contribution is 2.26. The van der Waals surface area contributed by atoms with Crippen LogP contribution in [0, 0.1) is 11.6 Å². The van der Waals surface area contributed by atoms with Crippen LogP contribution in [0.5, 0.6) is 0 Å². The molecule has 0 N–H and O–H groups in total. The fraction of sp³-hybridized carbons (Fsp3) is 0.250. The summed E-state index contributed by atoms with van der Waals surface area (Å²) in [7, 11) is 0. The zero-order valence-corrected chi connectivity index (χ0v) is 12.4. The summed E-state index contributed by atoms with van der Waals surface area (Å²) >= 11 is 6.15. The minimum atomic E-state index is -0.632. The van der Waals surface area contributed by atoms with E-state index in [4.69, 9.17) is 16.3 Å². The topological polar surface area (TPSA) is 12.5 Å². The van der Waals surface area contributed by atoms with E-state index < -0.39 is 11.6 Å². The van der Waals surface area contributed by atoms with Crippen LogP contribution in [0.15, 0.2) is 53.9 Å². The van der Waals surface area contributed by atoms with Crippen LogP contribution >= 0.6 is 11.6 Å². The van der Waals surface area contributed by atoms with Crippen LogP contribution in [0.25, 0.3) is 0 Å². The van der Waals surface area contributed by atoms with Gasteiger partial charge in [0.2, 0.25) is 0 Å². The first kappa shape index (κ1) is 15.6. The van der Waals surface area contributed by atoms with Crippen molar-refractivity contribution in [2.75, 3.05) is 6.54 Å². The summed E-state index contributed by atoms with van der Waals surface area (Å²) < 4.78 is 31.9. The smallest absolute Gasteiger partial charge is 0.137 e. The number of allylic oxidation sites excluding steroid dienone is 1. The molecule has 2 nitrogen and oxygen atoms in total. The van der Waals surface area contributed by atoms with Crippen molar-refractivity contribution < 1.29 is 13.5 Å². The molecule has 112 valence electrons. The first-order valence-corrected chi connectivity index (χ1v) is 6.92. The Bertz CT molecular complexity index is 598. The molecule has 1 aromatic carbocycles. The van der Waals surface area contributed by atoms with Crippen molar-refractivity contribution in [2.45, 2.75) is 19.6 Å². The Labute approximate surface area is 128 Å². The van der Waals surface area contributed by atoms with Crippen LogP contribution in [-0.2, 0) is 11.3 Å². The summed E-state index contributed by atoms with van der Waals surface area (Å²) in [6.07, 6.45) is 5.41. The monoisotopic (exact) mass is 311 g/mol. The molecule has 1 aromatic rings. The Morgan fingerprint density at radius 3 is 2.86 bits per heavy atom. The summed E-state index contributed by atoms with van der Waals surface area (Å²) in [4.78, 5) is 2.00. The molecule has 0 fully saturated rings. The average Bonchev–Trinajstić information content (AvgIpc) is 2.43. The zero-order chi connectivity index (χ0) is 15.4. The normalized spacial score (nSPS) is 18.1. The number of ether oxygens (including phenoxy) is 1. The van der Waals surface area contributed by atoms with E-state index in [-0.39, 0.29) is 18.2 Å². The van der Waals surface area contributed by atoms with Crippen LogP contribution in [0.1, 0.15) is 12.5 Å². The van der Waals surface area contributed by atoms with Gasteiger partial charge in [0.15, 0.2) is 0 Å². The maximum atomic E-state index is 13.5. The second-order valence-electron chi connectivity index (χ2n) is 4.76. The van der Waals surface area contributed by atoms with Gasteiger partial charge in [-0.25, -0.2) is 8.78 Å². The minimum absolute atomic E-state index is 0.00378. The van der Waals surface area contributed by atoms with Gasteiger partial charge in [-0.3, -0.25) is 0 Å². The van der Waals surface area contributed by atoms with Crippen LogP contribution < -0.4 is 0 Å². The molecular weight excluding hydrogens is 296 g/mol. The second-order valence-corrected chi connectivity index (χ2v) is 5.17. The molecule has 1 heterocycles. The van der Waals surface area contributed by atoms with Crippen LogP contribution in [-0.4, -0.2) is 17.5 Å². The van der Waals surface area contributed by atoms with Crippen molar-refractivity contribution >= 4 is 11.6 Å². The third-order valence-corrected chi connectivity index (χ3v) is 3.45. The lowest BCUT2D eigenvalue weighted by Crippen LogP contribution is -2.30. The van der Waals surface area contributed by atoms with E-state index in [0.717, 1.165) is 6.07 Å². The molecule has 0 amide bonds. The molecule has 5 heteroatoms. The molecular formula is C16H16ClF2NO. The number of hydrogen-bond donors (Lipinski definition) is 0. The fourth-order valence-corrected chi connectivity index (χ4v) is 2.24. The number of rotatable bonds is 5. The second kappa shape index (κ2) is 6.76. The van der Waals surface area contributed by atoms with Crippen LogP contribution in [0.4, 0.5) is 8.78 Å². The van der Waals surface area contributed by atoms with E-state index in [9.17, 15) is 8.78 Å². The Balaban J connectivity index is 2.05. The van der Waals surface area contributed by atoms with E-state index in [1.54, 1.807) is 12.3 Å². The zero-order valence-electron chi connectivity index (χ0n) is 11.7. The van der Waals surface area contributed by atoms with E-state index in [1.165, 1.54) is 12.1 Å². The van der Waals surface area contributed by atoms with Crippen molar-refractivity contribution in [3.05, 3.63) is 71.1 Å². The van der Waals surface area contributed by atoms with Crippen molar-refractivity contribution in [2.24, 2.45) is 0 Å². The fourth-order valence-electron chi connectivity index (χ4n) is 2.00. The molecule has 0 aliphatic carbocycles. The highest BCUT2D eigenvalue weighted by Gasteiger charge is 2.18. The quantitative estimate of drug-likeness (QED) is 0.750. The summed E-state index contributed by atoms with van der Waals surface area (Å²) in [5, 5.41) is 0.442. The highest BCUT2D eigenvalue weighted by molar-refractivity contribution is 6.31. The van der Waals surface area contributed by atoms with Gasteiger partial charge in [0.25, 0.3) is 0 Å². The predicted octanol–water partition coefficient (Wildman–Crippen LogP) is 4.34. The van der Waals surface area contributed by atoms with E-state index in [0.29, 0.717) is 17.3 Å². The summed E-state index contributed by atoms with van der Waals surface area (Å²) in [6, 6.07) is 3.49. The lowest BCUT2D eigenvalue weighted by Gasteiger charge is -2.29. The number of hydrogen-bond acceptors (Lipinski definition) is 2. The maximum Gasteiger partial charge on any atom is 0.137 e. The summed E-state index contributed by atoms with van der Waals surface area (Å²) in [5.41, 5.74) is 0.281. The van der Waals surface area contributed by atoms with Gasteiger partial charge >= 0.3 is 0 Å². The van der Waals surface area contributed by atoms with Crippen molar-refractivity contribution in [1.29, 1.82) is 0 Å². The van der Waals surface area contributed by atoms with Gasteiger partial charge in [0, 0.05) is 30.4 Å². The van der Waals surface area contributed by atoms with E-state index in [2.05, 4.69) is 6.58 Å². The predicted molar refractivity (Wildman–Crippen MR) is 79.5 cm³/mol. The molecule has 2 rings (SSSR count). The summed E-state index contributed by atoms with van der Waals surface area (Å²) in [6.45, 7) is 6.35. The van der Waals surface area contributed by atoms with Gasteiger partial charge in [-0.05, 0) is 25.1 Å². The van der Waals surface area contributed by atoms with Gasteiger partial charge in [-0.1, -0.05) is 17.7 Å². The number of halogens is 3. The Morgan fingerprint density at radius 2 is 2.19 bits per heavy atom. The van der Waals surface area contributed by atoms with Crippen LogP contribution in [0.2, 0.25) is 0 Å². The van der Waals surface area contributed by atoms with Gasteiger partial charge in [0.05, 0.1) is 5.03 Å². The Hall–Kier alpha value is -1.81. The third-order valence-electron chi connectivity index (χ3n) is 3.17. The van der Waals surface area contributed by atoms with Gasteiger partial charge in [0.1, 0.15) is 24.0 Å². The number of nitrogens with zero attached hydrogens (tertiary/aromatic N) is 1. The lowest BCUT2D eigenvalue weighted by molar-refractivity contribution is 0.195. The Kier molecular flexibility index (Phi) is 5.02. The third kappa shape index (κ3) is 3.85. The molecule has 0 bridgehead atoms. The van der Waals surface area contributed by atoms with Crippen molar-refractivity contribution in [3.63, 3.8) is 0 Å². The minimum Gasteiger partial charge on any atom is -0.487 e. The molecule has 1 aliphatic heterocycles. The molecule has 1 aliphatic rings. The lowest BCUT2D eigenvalue weighted by atomic mass is 10.2. The number of benzene rings is 1. The van der Waals surface area contributed by atoms with Gasteiger partial charge in [-0.2, -0.15) is 0 Å². The first-order chi connectivity index (χ1) is 10.0. The highest BCUT2D eigenvalue weighted by atomic mass is 35.5. The van der Waals surface area contributed by atoms with Gasteiger partial charge < -0.3 is 9.64 Å². The molecule has 0 saturated heterocycles.